The fourth-order valence-electron chi connectivity index (χ4n) is 2.25. The van der Waals surface area contributed by atoms with E-state index in [1.807, 2.05) is 5.01 Å². The van der Waals surface area contributed by atoms with Crippen LogP contribution in [0.3, 0.4) is 0 Å². The van der Waals surface area contributed by atoms with Crippen molar-refractivity contribution in [2.24, 2.45) is 5.92 Å². The predicted octanol–water partition coefficient (Wildman–Crippen LogP) is 2.22. The third-order valence-corrected chi connectivity index (χ3v) is 3.04. The predicted molar refractivity (Wildman–Crippen MR) is 41.4 cm³/mol. The third-order valence-electron chi connectivity index (χ3n) is 3.04. The summed E-state index contributed by atoms with van der Waals surface area (Å²) in [4.78, 5) is 0. The lowest BCUT2D eigenvalue weighted by Crippen LogP contribution is -2.27. The fourth-order valence-corrected chi connectivity index (χ4v) is 2.25. The lowest BCUT2D eigenvalue weighted by Gasteiger charge is -2.34. The van der Waals surface area contributed by atoms with Gasteiger partial charge in [0, 0.05) is 0 Å². The first-order valence-corrected chi connectivity index (χ1v) is 4.34. The molecule has 3 aliphatic rings. The van der Waals surface area contributed by atoms with E-state index < -0.39 is 0 Å². The Kier molecular flexibility index (Phi) is 1.66. The fraction of sp³-hybridized carbons (Fsp3) is 1.00. The Labute approximate surface area is 62.4 Å². The maximum absolute atomic E-state index is 7.63. The average molecular weight is 139 g/mol. The summed E-state index contributed by atoms with van der Waals surface area (Å²) in [5, 5.41) is 1.81. The molecule has 0 spiro atoms. The van der Waals surface area contributed by atoms with E-state index in [1.165, 1.54) is 32.1 Å². The van der Waals surface area contributed by atoms with Crippen molar-refractivity contribution in [1.29, 1.82) is 0 Å². The molecule has 2 saturated heterocycles. The van der Waals surface area contributed by atoms with Crippen molar-refractivity contribution in [3.8, 4) is 0 Å². The first-order valence-electron chi connectivity index (χ1n) is 4.34. The van der Waals surface area contributed by atoms with Gasteiger partial charge in [0.25, 0.3) is 0 Å². The highest BCUT2D eigenvalue weighted by atomic mass is 15.4. The van der Waals surface area contributed by atoms with Crippen molar-refractivity contribution in [3.63, 3.8) is 0 Å². The van der Waals surface area contributed by atoms with Crippen LogP contribution in [-0.2, 0) is 0 Å². The van der Waals surface area contributed by atoms with Crippen molar-refractivity contribution in [3.05, 3.63) is 5.84 Å². The number of hydrogen-bond donors (Lipinski definition) is 0. The SMILES string of the molecule is [NH-]N1CCC2CCC1CC2. The molecule has 0 unspecified atom stereocenters. The monoisotopic (exact) mass is 139 g/mol. The summed E-state index contributed by atoms with van der Waals surface area (Å²) in [7, 11) is 0. The number of rotatable bonds is 0. The summed E-state index contributed by atoms with van der Waals surface area (Å²) >= 11 is 0. The summed E-state index contributed by atoms with van der Waals surface area (Å²) in [5.74, 6) is 8.59. The summed E-state index contributed by atoms with van der Waals surface area (Å²) < 4.78 is 0. The molecule has 1 N–H and O–H groups in total. The summed E-state index contributed by atoms with van der Waals surface area (Å²) in [5.41, 5.74) is 0. The molecule has 0 aromatic carbocycles. The van der Waals surface area contributed by atoms with Gasteiger partial charge in [-0.3, -0.25) is 0 Å². The zero-order valence-electron chi connectivity index (χ0n) is 6.34. The quantitative estimate of drug-likeness (QED) is 0.505. The summed E-state index contributed by atoms with van der Waals surface area (Å²) in [6.07, 6.45) is 6.63. The smallest absolute Gasteiger partial charge is 0.00794 e. The number of nitrogens with one attached hydrogen (secondary N) is 1. The molecule has 2 aliphatic heterocycles. The molecule has 0 amide bonds. The van der Waals surface area contributed by atoms with Crippen LogP contribution < -0.4 is 0 Å². The van der Waals surface area contributed by atoms with Crippen LogP contribution in [0.4, 0.5) is 0 Å². The lowest BCUT2D eigenvalue weighted by molar-refractivity contribution is 0.251. The van der Waals surface area contributed by atoms with Crippen LogP contribution in [0.1, 0.15) is 32.1 Å². The minimum absolute atomic E-state index is 0.610. The molecule has 2 bridgehead atoms. The van der Waals surface area contributed by atoms with Gasteiger partial charge < -0.3 is 10.9 Å². The van der Waals surface area contributed by atoms with Crippen LogP contribution in [-0.4, -0.2) is 17.6 Å². The minimum atomic E-state index is 0.610. The molecule has 0 atom stereocenters. The molecule has 0 radical (unpaired) electrons. The molecule has 3 fully saturated rings. The molecular weight excluding hydrogens is 124 g/mol. The van der Waals surface area contributed by atoms with Crippen LogP contribution in [0, 0.1) is 5.92 Å². The highest BCUT2D eigenvalue weighted by molar-refractivity contribution is 4.84. The zero-order chi connectivity index (χ0) is 6.97. The van der Waals surface area contributed by atoms with E-state index in [2.05, 4.69) is 0 Å². The normalized spacial score (nSPS) is 41.7. The third kappa shape index (κ3) is 1.06. The zero-order valence-corrected chi connectivity index (χ0v) is 6.34. The Bertz CT molecular complexity index is 116. The Morgan fingerprint density at radius 2 is 1.70 bits per heavy atom. The van der Waals surface area contributed by atoms with Gasteiger partial charge in [0.2, 0.25) is 0 Å². The van der Waals surface area contributed by atoms with E-state index in [0.29, 0.717) is 6.04 Å². The molecule has 58 valence electrons. The Hall–Kier alpha value is -0.0800. The Morgan fingerprint density at radius 1 is 1.00 bits per heavy atom. The lowest BCUT2D eigenvalue weighted by atomic mass is 9.87. The second-order valence-electron chi connectivity index (χ2n) is 3.66. The first kappa shape index (κ1) is 6.62. The molecule has 10 heavy (non-hydrogen) atoms. The van der Waals surface area contributed by atoms with E-state index in [9.17, 15) is 0 Å². The van der Waals surface area contributed by atoms with Gasteiger partial charge in [0.05, 0.1) is 0 Å². The van der Waals surface area contributed by atoms with Crippen LogP contribution >= 0.6 is 0 Å². The number of hydrogen-bond acceptors (Lipinski definition) is 1. The van der Waals surface area contributed by atoms with E-state index in [4.69, 9.17) is 5.84 Å². The Balaban J connectivity index is 2.07. The van der Waals surface area contributed by atoms with E-state index in [-0.39, 0.29) is 0 Å². The minimum Gasteiger partial charge on any atom is -0.609 e. The van der Waals surface area contributed by atoms with Crippen molar-refractivity contribution < 1.29 is 0 Å². The van der Waals surface area contributed by atoms with E-state index in [1.54, 1.807) is 0 Å². The van der Waals surface area contributed by atoms with Gasteiger partial charge in [-0.25, -0.2) is 0 Å². The van der Waals surface area contributed by atoms with Crippen LogP contribution in [0.2, 0.25) is 0 Å². The Morgan fingerprint density at radius 3 is 2.40 bits per heavy atom. The molecule has 2 heterocycles. The highest BCUT2D eigenvalue weighted by Gasteiger charge is 2.25. The van der Waals surface area contributed by atoms with Gasteiger partial charge in [-0.2, -0.15) is 0 Å². The van der Waals surface area contributed by atoms with E-state index >= 15 is 0 Å². The molecule has 0 aromatic heterocycles. The molecule has 1 aliphatic carbocycles. The highest BCUT2D eigenvalue weighted by Crippen LogP contribution is 2.33. The number of nitrogens with zero attached hydrogens (tertiary/aromatic N) is 1. The average Bonchev–Trinajstić information content (AvgIpc) is 2.24. The topological polar surface area (TPSA) is 27.0 Å². The maximum Gasteiger partial charge on any atom is -0.00794 e. The van der Waals surface area contributed by atoms with Gasteiger partial charge in [0.1, 0.15) is 0 Å². The van der Waals surface area contributed by atoms with Crippen LogP contribution in [0.25, 0.3) is 5.84 Å². The molecule has 1 saturated carbocycles. The van der Waals surface area contributed by atoms with Crippen molar-refractivity contribution >= 4 is 0 Å². The van der Waals surface area contributed by atoms with Gasteiger partial charge in [0.15, 0.2) is 0 Å². The standard InChI is InChI=1S/C8H15N2/c9-10-6-5-7-1-3-8(10)4-2-7/h7-9H,1-6H2/q-1. The summed E-state index contributed by atoms with van der Waals surface area (Å²) in [6.45, 7) is 1.02. The van der Waals surface area contributed by atoms with Crippen LogP contribution in [0.5, 0.6) is 0 Å². The molecular formula is C8H15N2-. The second kappa shape index (κ2) is 2.51. The van der Waals surface area contributed by atoms with Gasteiger partial charge in [-0.05, 0) is 50.6 Å². The summed E-state index contributed by atoms with van der Waals surface area (Å²) in [6, 6.07) is 0.610. The molecule has 3 rings (SSSR count). The molecule has 2 nitrogen and oxygen atoms in total. The van der Waals surface area contributed by atoms with Crippen LogP contribution in [0.15, 0.2) is 0 Å². The first-order chi connectivity index (χ1) is 4.86. The van der Waals surface area contributed by atoms with Crippen molar-refractivity contribution in [1.82, 2.24) is 5.01 Å². The van der Waals surface area contributed by atoms with E-state index in [0.717, 1.165) is 12.5 Å². The van der Waals surface area contributed by atoms with Gasteiger partial charge >= 0.3 is 0 Å². The van der Waals surface area contributed by atoms with Crippen molar-refractivity contribution in [2.45, 2.75) is 38.1 Å². The second-order valence-corrected chi connectivity index (χ2v) is 3.66. The number of fused-ring (bicyclic) bond motifs is 4. The van der Waals surface area contributed by atoms with Gasteiger partial charge in [-0.1, -0.05) is 0 Å². The molecule has 2 heteroatoms. The van der Waals surface area contributed by atoms with Crippen molar-refractivity contribution in [2.75, 3.05) is 6.54 Å². The largest absolute Gasteiger partial charge is 0.609 e. The maximum atomic E-state index is 7.63. The van der Waals surface area contributed by atoms with Gasteiger partial charge in [-0.15, -0.1) is 0 Å². The molecule has 0 aromatic rings.